The highest BCUT2D eigenvalue weighted by Gasteiger charge is 2.28. The van der Waals surface area contributed by atoms with E-state index in [0.29, 0.717) is 0 Å². The van der Waals surface area contributed by atoms with Crippen molar-refractivity contribution >= 4 is 0 Å². The summed E-state index contributed by atoms with van der Waals surface area (Å²) < 4.78 is 5.37. The van der Waals surface area contributed by atoms with E-state index in [-0.39, 0.29) is 6.04 Å². The highest BCUT2D eigenvalue weighted by Crippen LogP contribution is 2.29. The first kappa shape index (κ1) is 13.2. The van der Waals surface area contributed by atoms with Gasteiger partial charge in [0, 0.05) is 24.9 Å². The molecule has 1 saturated heterocycles. The van der Waals surface area contributed by atoms with Crippen LogP contribution in [0.15, 0.2) is 28.9 Å². The molecule has 1 aliphatic rings. The molecule has 0 spiro atoms. The van der Waals surface area contributed by atoms with Crippen molar-refractivity contribution in [1.82, 2.24) is 20.0 Å². The maximum Gasteiger partial charge on any atom is 0.243 e. The summed E-state index contributed by atoms with van der Waals surface area (Å²) in [6, 6.07) is 6.34. The Labute approximate surface area is 119 Å². The van der Waals surface area contributed by atoms with E-state index in [9.17, 15) is 0 Å². The number of likely N-dealkylation sites (tertiary alicyclic amines) is 1. The molecule has 0 aromatic carbocycles. The summed E-state index contributed by atoms with van der Waals surface area (Å²) in [6.45, 7) is 3.95. The minimum Gasteiger partial charge on any atom is -0.338 e. The summed E-state index contributed by atoms with van der Waals surface area (Å²) in [5.74, 6) is 1.48. The van der Waals surface area contributed by atoms with Crippen molar-refractivity contribution in [1.29, 1.82) is 0 Å². The van der Waals surface area contributed by atoms with Gasteiger partial charge in [-0.3, -0.25) is 9.88 Å². The van der Waals surface area contributed by atoms with Gasteiger partial charge in [-0.2, -0.15) is 4.98 Å². The molecule has 5 nitrogen and oxygen atoms in total. The Bertz CT molecular complexity index is 540. The number of pyridine rings is 1. The topological polar surface area (TPSA) is 55.1 Å². The zero-order valence-electron chi connectivity index (χ0n) is 11.8. The zero-order chi connectivity index (χ0) is 13.8. The standard InChI is InChI=1S/C15H20N4O/c1-12-17-15(20-18-12)14-7-3-5-10-19(14)11-8-13-6-2-4-9-16-13/h2,4,6,9,14H,3,5,7-8,10-11H2,1H3. The van der Waals surface area contributed by atoms with Gasteiger partial charge in [0.05, 0.1) is 6.04 Å². The molecule has 0 N–H and O–H groups in total. The first-order valence-corrected chi connectivity index (χ1v) is 7.27. The molecule has 20 heavy (non-hydrogen) atoms. The van der Waals surface area contributed by atoms with Crippen molar-refractivity contribution in [3.8, 4) is 0 Å². The normalized spacial score (nSPS) is 20.1. The Kier molecular flexibility index (Phi) is 4.06. The summed E-state index contributed by atoms with van der Waals surface area (Å²) in [6.07, 6.45) is 6.39. The summed E-state index contributed by atoms with van der Waals surface area (Å²) >= 11 is 0. The minimum atomic E-state index is 0.272. The highest BCUT2D eigenvalue weighted by atomic mass is 16.5. The van der Waals surface area contributed by atoms with Crippen LogP contribution in [0.1, 0.15) is 42.7 Å². The van der Waals surface area contributed by atoms with Gasteiger partial charge >= 0.3 is 0 Å². The molecule has 0 radical (unpaired) electrons. The molecule has 0 amide bonds. The SMILES string of the molecule is Cc1noc(C2CCCCN2CCc2ccccn2)n1. The molecule has 106 valence electrons. The van der Waals surface area contributed by atoms with Crippen molar-refractivity contribution in [3.05, 3.63) is 41.8 Å². The third-order valence-corrected chi connectivity index (χ3v) is 3.82. The van der Waals surface area contributed by atoms with E-state index in [1.54, 1.807) is 0 Å². The van der Waals surface area contributed by atoms with Crippen LogP contribution < -0.4 is 0 Å². The number of aromatic nitrogens is 3. The predicted molar refractivity (Wildman–Crippen MR) is 75.1 cm³/mol. The molecule has 2 aromatic rings. The lowest BCUT2D eigenvalue weighted by Gasteiger charge is -2.33. The minimum absolute atomic E-state index is 0.272. The Hall–Kier alpha value is -1.75. The maximum atomic E-state index is 5.37. The van der Waals surface area contributed by atoms with E-state index in [1.165, 1.54) is 12.8 Å². The molecule has 1 aliphatic heterocycles. The van der Waals surface area contributed by atoms with Crippen LogP contribution >= 0.6 is 0 Å². The molecule has 0 saturated carbocycles. The number of rotatable bonds is 4. The number of nitrogens with zero attached hydrogens (tertiary/aromatic N) is 4. The first-order valence-electron chi connectivity index (χ1n) is 7.27. The van der Waals surface area contributed by atoms with E-state index in [0.717, 1.165) is 43.3 Å². The van der Waals surface area contributed by atoms with Crippen molar-refractivity contribution in [2.75, 3.05) is 13.1 Å². The molecule has 2 aromatic heterocycles. The predicted octanol–water partition coefficient (Wildman–Crippen LogP) is 2.54. The molecule has 1 atom stereocenters. The van der Waals surface area contributed by atoms with E-state index >= 15 is 0 Å². The van der Waals surface area contributed by atoms with E-state index in [4.69, 9.17) is 4.52 Å². The van der Waals surface area contributed by atoms with E-state index in [1.807, 2.05) is 25.3 Å². The Morgan fingerprint density at radius 3 is 3.05 bits per heavy atom. The van der Waals surface area contributed by atoms with Crippen LogP contribution in [0.5, 0.6) is 0 Å². The molecular formula is C15H20N4O. The fourth-order valence-electron chi connectivity index (χ4n) is 2.79. The number of hydrogen-bond donors (Lipinski definition) is 0. The number of aryl methyl sites for hydroxylation is 1. The summed E-state index contributed by atoms with van der Waals surface area (Å²) in [4.78, 5) is 11.2. The van der Waals surface area contributed by atoms with Crippen molar-refractivity contribution in [2.24, 2.45) is 0 Å². The van der Waals surface area contributed by atoms with Crippen molar-refractivity contribution in [3.63, 3.8) is 0 Å². The van der Waals surface area contributed by atoms with Crippen LogP contribution in [-0.2, 0) is 6.42 Å². The van der Waals surface area contributed by atoms with Gasteiger partial charge in [0.25, 0.3) is 0 Å². The Balaban J connectivity index is 1.66. The lowest BCUT2D eigenvalue weighted by molar-refractivity contribution is 0.120. The third-order valence-electron chi connectivity index (χ3n) is 3.82. The smallest absolute Gasteiger partial charge is 0.243 e. The maximum absolute atomic E-state index is 5.37. The zero-order valence-corrected chi connectivity index (χ0v) is 11.8. The van der Waals surface area contributed by atoms with Gasteiger partial charge in [0.1, 0.15) is 0 Å². The second kappa shape index (κ2) is 6.13. The molecule has 1 fully saturated rings. The van der Waals surface area contributed by atoms with Crippen LogP contribution in [0.25, 0.3) is 0 Å². The van der Waals surface area contributed by atoms with Gasteiger partial charge in [-0.05, 0) is 38.4 Å². The molecule has 3 rings (SSSR count). The first-order chi connectivity index (χ1) is 9.83. The molecule has 1 unspecified atom stereocenters. The number of piperidine rings is 1. The molecule has 0 aliphatic carbocycles. The van der Waals surface area contributed by atoms with Crippen LogP contribution in [0.3, 0.4) is 0 Å². The van der Waals surface area contributed by atoms with Gasteiger partial charge in [-0.1, -0.05) is 17.6 Å². The number of hydrogen-bond acceptors (Lipinski definition) is 5. The summed E-state index contributed by atoms with van der Waals surface area (Å²) in [7, 11) is 0. The van der Waals surface area contributed by atoms with Gasteiger partial charge in [0.2, 0.25) is 5.89 Å². The summed E-state index contributed by atoms with van der Waals surface area (Å²) in [5, 5.41) is 3.92. The third kappa shape index (κ3) is 3.04. The average Bonchev–Trinajstić information content (AvgIpc) is 2.93. The van der Waals surface area contributed by atoms with E-state index in [2.05, 4.69) is 26.1 Å². The fourth-order valence-corrected chi connectivity index (χ4v) is 2.79. The monoisotopic (exact) mass is 272 g/mol. The van der Waals surface area contributed by atoms with Crippen LogP contribution in [-0.4, -0.2) is 33.1 Å². The molecule has 5 heteroatoms. The summed E-state index contributed by atoms with van der Waals surface area (Å²) in [5.41, 5.74) is 1.14. The van der Waals surface area contributed by atoms with Gasteiger partial charge in [-0.25, -0.2) is 0 Å². The average molecular weight is 272 g/mol. The second-order valence-electron chi connectivity index (χ2n) is 5.30. The fraction of sp³-hybridized carbons (Fsp3) is 0.533. The quantitative estimate of drug-likeness (QED) is 0.856. The van der Waals surface area contributed by atoms with Crippen molar-refractivity contribution in [2.45, 2.75) is 38.6 Å². The molecule has 3 heterocycles. The van der Waals surface area contributed by atoms with Crippen molar-refractivity contribution < 1.29 is 4.52 Å². The second-order valence-corrected chi connectivity index (χ2v) is 5.30. The Morgan fingerprint density at radius 2 is 2.30 bits per heavy atom. The lowest BCUT2D eigenvalue weighted by Crippen LogP contribution is -2.35. The molecular weight excluding hydrogens is 252 g/mol. The lowest BCUT2D eigenvalue weighted by atomic mass is 10.0. The van der Waals surface area contributed by atoms with Crippen LogP contribution in [0.4, 0.5) is 0 Å². The van der Waals surface area contributed by atoms with Gasteiger partial charge in [0.15, 0.2) is 5.82 Å². The van der Waals surface area contributed by atoms with Gasteiger partial charge < -0.3 is 4.52 Å². The Morgan fingerprint density at radius 1 is 1.35 bits per heavy atom. The molecule has 0 bridgehead atoms. The van der Waals surface area contributed by atoms with Crippen LogP contribution in [0, 0.1) is 6.92 Å². The van der Waals surface area contributed by atoms with Gasteiger partial charge in [-0.15, -0.1) is 0 Å². The highest BCUT2D eigenvalue weighted by molar-refractivity contribution is 5.04. The van der Waals surface area contributed by atoms with E-state index < -0.39 is 0 Å². The van der Waals surface area contributed by atoms with Crippen LogP contribution in [0.2, 0.25) is 0 Å². The largest absolute Gasteiger partial charge is 0.338 e.